The second-order valence-corrected chi connectivity index (χ2v) is 10.9. The average molecular weight is 564 g/mol. The summed E-state index contributed by atoms with van der Waals surface area (Å²) in [6.45, 7) is 5.31. The Labute approximate surface area is 216 Å². The van der Waals surface area contributed by atoms with Crippen LogP contribution in [0.5, 0.6) is 5.75 Å². The Kier molecular flexibility index (Phi) is 8.99. The minimum Gasteiger partial charge on any atom is -0.462 e. The number of aromatic nitrogens is 2. The molecule has 1 aromatic carbocycles. The van der Waals surface area contributed by atoms with Gasteiger partial charge in [-0.15, -0.1) is 0 Å². The second kappa shape index (κ2) is 11.5. The number of aliphatic hydroxyl groups excluding tert-OH is 1. The molecule has 1 aliphatic rings. The number of carbonyl (C=O) groups excluding carboxylic acids is 1. The van der Waals surface area contributed by atoms with Crippen LogP contribution in [0.2, 0.25) is 0 Å². The lowest BCUT2D eigenvalue weighted by atomic mass is 10.1. The minimum absolute atomic E-state index is 0.0667. The molecule has 0 unspecified atom stereocenters. The van der Waals surface area contributed by atoms with Gasteiger partial charge in [-0.2, -0.15) is 5.09 Å². The molecular weight excluding hydrogens is 536 g/mol. The number of aryl methyl sites for hydroxylation is 1. The largest absolute Gasteiger partial charge is 0.462 e. The normalized spacial score (nSPS) is 26.0. The highest BCUT2D eigenvalue weighted by atomic mass is 35.5. The van der Waals surface area contributed by atoms with E-state index in [1.807, 2.05) is 4.98 Å². The number of aromatic amines is 1. The average Bonchev–Trinajstić information content (AvgIpc) is 3.03. The van der Waals surface area contributed by atoms with Crippen molar-refractivity contribution in [2.45, 2.75) is 63.4 Å². The molecule has 2 aromatic rings. The van der Waals surface area contributed by atoms with Gasteiger partial charge in [0, 0.05) is 11.8 Å². The summed E-state index contributed by atoms with van der Waals surface area (Å²) in [4.78, 5) is 38.2. The number of halogens is 2. The molecule has 0 aliphatic carbocycles. The monoisotopic (exact) mass is 563 g/mol. The van der Waals surface area contributed by atoms with E-state index in [0.717, 1.165) is 6.20 Å². The third-order valence-electron chi connectivity index (χ3n) is 5.21. The van der Waals surface area contributed by atoms with Crippen molar-refractivity contribution in [3.63, 3.8) is 0 Å². The molecule has 6 atom stereocenters. The molecule has 0 bridgehead atoms. The van der Waals surface area contributed by atoms with E-state index in [0.29, 0.717) is 4.57 Å². The van der Waals surface area contributed by atoms with Crippen LogP contribution in [0.1, 0.15) is 32.6 Å². The van der Waals surface area contributed by atoms with Gasteiger partial charge in [0.05, 0.1) is 12.7 Å². The third kappa shape index (κ3) is 6.86. The number of H-pyrrole nitrogens is 1. The predicted octanol–water partition coefficient (Wildman–Crippen LogP) is 2.14. The molecule has 15 heteroatoms. The molecule has 1 aromatic heterocycles. The van der Waals surface area contributed by atoms with Gasteiger partial charge in [-0.3, -0.25) is 23.7 Å². The van der Waals surface area contributed by atoms with Crippen molar-refractivity contribution in [1.29, 1.82) is 0 Å². The van der Waals surface area contributed by atoms with Gasteiger partial charge >= 0.3 is 19.4 Å². The van der Waals surface area contributed by atoms with Gasteiger partial charge in [0.2, 0.25) is 0 Å². The quantitative estimate of drug-likeness (QED) is 0.222. The Morgan fingerprint density at radius 3 is 2.59 bits per heavy atom. The SMILES string of the molecule is Cc1cn([C@@H]2O[C@H](CO[P@@](=O)(N[C@H](C)C(=O)OC(C)C)Oc3ccccc3)[C@@H](O)[C@@]2(F)Cl)c(=O)[nH]c1=O. The smallest absolute Gasteiger partial charge is 0.459 e. The number of para-hydroxylation sites is 1. The van der Waals surface area contributed by atoms with Crippen molar-refractivity contribution in [2.75, 3.05) is 6.61 Å². The number of alkyl halides is 2. The van der Waals surface area contributed by atoms with Gasteiger partial charge in [-0.05, 0) is 39.8 Å². The molecule has 0 radical (unpaired) electrons. The number of esters is 1. The maximum absolute atomic E-state index is 15.3. The Balaban J connectivity index is 1.82. The summed E-state index contributed by atoms with van der Waals surface area (Å²) in [6.07, 6.45) is -4.84. The fraction of sp³-hybridized carbons (Fsp3) is 0.500. The Morgan fingerprint density at radius 1 is 1.32 bits per heavy atom. The van der Waals surface area contributed by atoms with E-state index in [4.69, 9.17) is 30.1 Å². The van der Waals surface area contributed by atoms with Crippen molar-refractivity contribution in [3.8, 4) is 5.75 Å². The number of hydrogen-bond donors (Lipinski definition) is 3. The zero-order valence-electron chi connectivity index (χ0n) is 20.4. The number of ether oxygens (including phenoxy) is 2. The fourth-order valence-electron chi connectivity index (χ4n) is 3.37. The van der Waals surface area contributed by atoms with E-state index >= 15 is 4.39 Å². The van der Waals surface area contributed by atoms with Gasteiger partial charge in [-0.1, -0.05) is 29.8 Å². The van der Waals surface area contributed by atoms with Gasteiger partial charge in [-0.25, -0.2) is 13.8 Å². The van der Waals surface area contributed by atoms with E-state index < -0.39 is 67.3 Å². The molecule has 2 heterocycles. The summed E-state index contributed by atoms with van der Waals surface area (Å²) in [5.74, 6) is -0.606. The first kappa shape index (κ1) is 29.0. The number of carbonyl (C=O) groups is 1. The number of rotatable bonds is 10. The summed E-state index contributed by atoms with van der Waals surface area (Å²) in [6, 6.07) is 6.75. The van der Waals surface area contributed by atoms with Crippen molar-refractivity contribution in [3.05, 3.63) is 62.9 Å². The van der Waals surface area contributed by atoms with Crippen molar-refractivity contribution in [2.24, 2.45) is 0 Å². The first-order chi connectivity index (χ1) is 17.2. The molecule has 1 saturated heterocycles. The second-order valence-electron chi connectivity index (χ2n) is 8.66. The van der Waals surface area contributed by atoms with Gasteiger partial charge in [0.25, 0.3) is 10.7 Å². The summed E-state index contributed by atoms with van der Waals surface area (Å²) in [7, 11) is -4.35. The lowest BCUT2D eigenvalue weighted by Gasteiger charge is -2.25. The van der Waals surface area contributed by atoms with E-state index in [-0.39, 0.29) is 11.3 Å². The molecule has 1 fully saturated rings. The maximum atomic E-state index is 15.3. The van der Waals surface area contributed by atoms with Crippen LogP contribution in [-0.2, 0) is 23.4 Å². The minimum atomic E-state index is -4.35. The molecule has 0 saturated carbocycles. The molecular formula is C22H28ClFN3O9P. The van der Waals surface area contributed by atoms with Crippen molar-refractivity contribution >= 4 is 25.3 Å². The number of aliphatic hydroxyl groups is 1. The highest BCUT2D eigenvalue weighted by molar-refractivity contribution is 7.52. The van der Waals surface area contributed by atoms with E-state index in [1.54, 1.807) is 32.0 Å². The summed E-state index contributed by atoms with van der Waals surface area (Å²) < 4.78 is 51.1. The molecule has 1 aliphatic heterocycles. The Hall–Kier alpha value is -2.54. The van der Waals surface area contributed by atoms with Crippen molar-refractivity contribution < 1.29 is 37.4 Å². The number of hydrogen-bond acceptors (Lipinski definition) is 9. The molecule has 0 amide bonds. The molecule has 0 spiro atoms. The van der Waals surface area contributed by atoms with Crippen LogP contribution in [0.4, 0.5) is 4.39 Å². The summed E-state index contributed by atoms with van der Waals surface area (Å²) in [5.41, 5.74) is -1.64. The maximum Gasteiger partial charge on any atom is 0.459 e. The Morgan fingerprint density at radius 2 is 1.97 bits per heavy atom. The van der Waals surface area contributed by atoms with Crippen LogP contribution in [0.3, 0.4) is 0 Å². The van der Waals surface area contributed by atoms with Gasteiger partial charge in [0.15, 0.2) is 6.23 Å². The molecule has 12 nitrogen and oxygen atoms in total. The van der Waals surface area contributed by atoms with E-state index in [9.17, 15) is 24.1 Å². The Bertz CT molecular complexity index is 1270. The van der Waals surface area contributed by atoms with Gasteiger partial charge < -0.3 is 19.1 Å². The first-order valence-corrected chi connectivity index (χ1v) is 13.2. The lowest BCUT2D eigenvalue weighted by Crippen LogP contribution is -2.42. The van der Waals surface area contributed by atoms with Crippen LogP contribution in [0, 0.1) is 6.92 Å². The molecule has 204 valence electrons. The number of nitrogens with one attached hydrogen (secondary N) is 2. The highest BCUT2D eigenvalue weighted by Gasteiger charge is 2.58. The number of benzene rings is 1. The van der Waals surface area contributed by atoms with E-state index in [1.165, 1.54) is 26.0 Å². The van der Waals surface area contributed by atoms with Gasteiger partial charge in [0.1, 0.15) is 24.0 Å². The fourth-order valence-corrected chi connectivity index (χ4v) is 5.17. The zero-order chi connectivity index (χ0) is 27.5. The number of nitrogens with zero attached hydrogens (tertiary/aromatic N) is 1. The summed E-state index contributed by atoms with van der Waals surface area (Å²) in [5, 5.41) is 9.93. The van der Waals surface area contributed by atoms with Crippen LogP contribution in [-0.4, -0.2) is 56.7 Å². The topological polar surface area (TPSA) is 158 Å². The van der Waals surface area contributed by atoms with Crippen LogP contribution in [0.25, 0.3) is 0 Å². The standard InChI is InChI=1S/C22H28ClFN3O9P/c1-12(2)34-19(30)14(4)26-37(32,36-15-8-6-5-7-9-15)33-11-16-17(28)22(23,24)20(35-16)27-10-13(3)18(29)25-21(27)31/h5-10,12,14,16-17,20,28H,11H2,1-4H3,(H,26,32)(H,25,29,31)/t14-,16-,17-,20-,22+,37+/m1/s1. The molecule has 37 heavy (non-hydrogen) atoms. The first-order valence-electron chi connectivity index (χ1n) is 11.2. The zero-order valence-corrected chi connectivity index (χ0v) is 22.1. The van der Waals surface area contributed by atoms with Crippen LogP contribution < -0.4 is 20.9 Å². The lowest BCUT2D eigenvalue weighted by molar-refractivity contribution is -0.149. The van der Waals surface area contributed by atoms with E-state index in [2.05, 4.69) is 5.09 Å². The molecule has 3 N–H and O–H groups in total. The van der Waals surface area contributed by atoms with Crippen LogP contribution in [0.15, 0.2) is 46.1 Å². The predicted molar refractivity (Wildman–Crippen MR) is 130 cm³/mol. The van der Waals surface area contributed by atoms with Crippen molar-refractivity contribution in [1.82, 2.24) is 14.6 Å². The third-order valence-corrected chi connectivity index (χ3v) is 7.27. The van der Waals surface area contributed by atoms with Crippen LogP contribution >= 0.6 is 19.3 Å². The molecule has 3 rings (SSSR count). The highest BCUT2D eigenvalue weighted by Crippen LogP contribution is 2.48. The summed E-state index contributed by atoms with van der Waals surface area (Å²) >= 11 is 5.91.